The van der Waals surface area contributed by atoms with Crippen molar-refractivity contribution < 1.29 is 13.2 Å². The van der Waals surface area contributed by atoms with Gasteiger partial charge in [-0.1, -0.05) is 30.3 Å². The fourth-order valence-corrected chi connectivity index (χ4v) is 1.94. The van der Waals surface area contributed by atoms with Gasteiger partial charge in [-0.2, -0.15) is 13.2 Å². The molecule has 3 nitrogen and oxygen atoms in total. The van der Waals surface area contributed by atoms with Crippen molar-refractivity contribution in [3.8, 4) is 0 Å². The summed E-state index contributed by atoms with van der Waals surface area (Å²) in [5.41, 5.74) is 0.237. The first kappa shape index (κ1) is 16.3. The van der Waals surface area contributed by atoms with Crippen LogP contribution in [0.25, 0.3) is 0 Å². The van der Waals surface area contributed by atoms with Crippen molar-refractivity contribution in [2.75, 3.05) is 34.7 Å². The van der Waals surface area contributed by atoms with Crippen molar-refractivity contribution in [2.24, 2.45) is 4.99 Å². The second kappa shape index (κ2) is 6.63. The molecule has 0 saturated carbocycles. The number of hydrogen-bond acceptors (Lipinski definition) is 1. The van der Waals surface area contributed by atoms with Gasteiger partial charge in [-0.3, -0.25) is 4.99 Å². The summed E-state index contributed by atoms with van der Waals surface area (Å²) in [7, 11) is 7.02. The number of guanidine groups is 1. The van der Waals surface area contributed by atoms with Gasteiger partial charge in [0.25, 0.3) is 0 Å². The predicted octanol–water partition coefficient (Wildman–Crippen LogP) is 2.81. The van der Waals surface area contributed by atoms with Crippen LogP contribution < -0.4 is 0 Å². The lowest BCUT2D eigenvalue weighted by Crippen LogP contribution is -2.36. The summed E-state index contributed by atoms with van der Waals surface area (Å²) in [6.07, 6.45) is -4.31. The van der Waals surface area contributed by atoms with Gasteiger partial charge in [0.2, 0.25) is 0 Å². The van der Waals surface area contributed by atoms with Crippen molar-refractivity contribution in [3.63, 3.8) is 0 Å². The molecule has 20 heavy (non-hydrogen) atoms. The summed E-state index contributed by atoms with van der Waals surface area (Å²) < 4.78 is 39.5. The number of halogens is 3. The number of rotatable bonds is 3. The highest BCUT2D eigenvalue weighted by atomic mass is 19.4. The number of alkyl halides is 3. The van der Waals surface area contributed by atoms with E-state index < -0.39 is 12.1 Å². The molecular weight excluding hydrogens is 267 g/mol. The van der Waals surface area contributed by atoms with Crippen molar-refractivity contribution in [1.82, 2.24) is 9.80 Å². The molecule has 0 bridgehead atoms. The summed E-state index contributed by atoms with van der Waals surface area (Å²) in [6, 6.07) is 7.88. The Bertz CT molecular complexity index is 429. The van der Waals surface area contributed by atoms with Crippen molar-refractivity contribution in [2.45, 2.75) is 12.1 Å². The van der Waals surface area contributed by atoms with Crippen LogP contribution in [0, 0.1) is 0 Å². The fourth-order valence-electron chi connectivity index (χ4n) is 1.94. The zero-order chi connectivity index (χ0) is 15.3. The van der Waals surface area contributed by atoms with Crippen LogP contribution in [-0.2, 0) is 0 Å². The number of hydrogen-bond donors (Lipinski definition) is 0. The SMILES string of the molecule is CN(C)C(=NC[C@H](c1ccccc1)C(F)(F)F)N(C)C. The van der Waals surface area contributed by atoms with E-state index in [1.165, 1.54) is 12.1 Å². The third kappa shape index (κ3) is 4.43. The molecule has 1 aromatic rings. The smallest absolute Gasteiger partial charge is 0.349 e. The molecule has 0 saturated heterocycles. The molecule has 6 heteroatoms. The minimum absolute atomic E-state index is 0.237. The van der Waals surface area contributed by atoms with Crippen molar-refractivity contribution >= 4 is 5.96 Å². The Morgan fingerprint density at radius 3 is 1.95 bits per heavy atom. The van der Waals surface area contributed by atoms with Crippen molar-refractivity contribution in [1.29, 1.82) is 0 Å². The Hall–Kier alpha value is -1.72. The lowest BCUT2D eigenvalue weighted by molar-refractivity contribution is -0.148. The first-order valence-electron chi connectivity index (χ1n) is 6.24. The quantitative estimate of drug-likeness (QED) is 0.629. The zero-order valence-corrected chi connectivity index (χ0v) is 12.1. The van der Waals surface area contributed by atoms with E-state index in [9.17, 15) is 13.2 Å². The van der Waals surface area contributed by atoms with Crippen LogP contribution >= 0.6 is 0 Å². The van der Waals surface area contributed by atoms with Crippen LogP contribution in [0.3, 0.4) is 0 Å². The van der Waals surface area contributed by atoms with E-state index in [-0.39, 0.29) is 12.1 Å². The molecule has 0 aliphatic heterocycles. The third-order valence-electron chi connectivity index (χ3n) is 2.81. The van der Waals surface area contributed by atoms with Gasteiger partial charge in [0, 0.05) is 28.2 Å². The van der Waals surface area contributed by atoms with E-state index in [4.69, 9.17) is 0 Å². The zero-order valence-electron chi connectivity index (χ0n) is 12.1. The Balaban J connectivity index is 3.01. The maximum Gasteiger partial charge on any atom is 0.397 e. The van der Waals surface area contributed by atoms with Gasteiger partial charge in [0.05, 0.1) is 12.5 Å². The maximum absolute atomic E-state index is 13.2. The monoisotopic (exact) mass is 287 g/mol. The average molecular weight is 287 g/mol. The summed E-state index contributed by atoms with van der Waals surface area (Å²) in [6.45, 7) is -0.320. The average Bonchev–Trinajstić information content (AvgIpc) is 2.33. The second-order valence-electron chi connectivity index (χ2n) is 4.93. The van der Waals surface area contributed by atoms with Crippen LogP contribution in [0.1, 0.15) is 11.5 Å². The molecule has 0 aromatic heterocycles. The molecule has 0 amide bonds. The molecule has 0 N–H and O–H groups in total. The van der Waals surface area contributed by atoms with E-state index in [1.54, 1.807) is 56.2 Å². The molecule has 0 radical (unpaired) electrons. The van der Waals surface area contributed by atoms with Gasteiger partial charge >= 0.3 is 6.18 Å². The largest absolute Gasteiger partial charge is 0.397 e. The molecule has 1 aromatic carbocycles. The highest BCUT2D eigenvalue weighted by Crippen LogP contribution is 2.34. The van der Waals surface area contributed by atoms with Gasteiger partial charge < -0.3 is 9.80 Å². The Morgan fingerprint density at radius 2 is 1.55 bits per heavy atom. The minimum Gasteiger partial charge on any atom is -0.349 e. The molecule has 0 fully saturated rings. The lowest BCUT2D eigenvalue weighted by Gasteiger charge is -2.25. The van der Waals surface area contributed by atoms with E-state index in [2.05, 4.69) is 4.99 Å². The standard InChI is InChI=1S/C14H20F3N3/c1-19(2)13(20(3)4)18-10-12(14(15,16)17)11-8-6-5-7-9-11/h5-9,12H,10H2,1-4H3/t12-/m1/s1. The molecule has 0 aliphatic rings. The Kier molecular flexibility index (Phi) is 5.42. The van der Waals surface area contributed by atoms with E-state index >= 15 is 0 Å². The second-order valence-corrected chi connectivity index (χ2v) is 4.93. The van der Waals surface area contributed by atoms with Gasteiger partial charge in [-0.25, -0.2) is 0 Å². The van der Waals surface area contributed by atoms with E-state index in [0.29, 0.717) is 5.96 Å². The van der Waals surface area contributed by atoms with Crippen LogP contribution in [0.2, 0.25) is 0 Å². The number of benzene rings is 1. The molecule has 1 rings (SSSR count). The van der Waals surface area contributed by atoms with Crippen LogP contribution in [0.15, 0.2) is 35.3 Å². The molecule has 0 heterocycles. The Labute approximate surface area is 117 Å². The molecule has 112 valence electrons. The number of aliphatic imine (C=N–C) groups is 1. The predicted molar refractivity (Wildman–Crippen MR) is 74.9 cm³/mol. The molecule has 1 atom stereocenters. The highest BCUT2D eigenvalue weighted by Gasteiger charge is 2.40. The van der Waals surface area contributed by atoms with E-state index in [0.717, 1.165) is 0 Å². The topological polar surface area (TPSA) is 18.8 Å². The molecule has 0 unspecified atom stereocenters. The molecule has 0 spiro atoms. The summed E-state index contributed by atoms with van der Waals surface area (Å²) in [4.78, 5) is 7.50. The molecule has 0 aliphatic carbocycles. The third-order valence-corrected chi connectivity index (χ3v) is 2.81. The summed E-state index contributed by atoms with van der Waals surface area (Å²) in [5.74, 6) is -1.08. The summed E-state index contributed by atoms with van der Waals surface area (Å²) >= 11 is 0. The highest BCUT2D eigenvalue weighted by molar-refractivity contribution is 5.79. The van der Waals surface area contributed by atoms with Gasteiger partial charge in [0.1, 0.15) is 0 Å². The van der Waals surface area contributed by atoms with Crippen LogP contribution in [0.4, 0.5) is 13.2 Å². The minimum atomic E-state index is -4.31. The number of nitrogens with zero attached hydrogens (tertiary/aromatic N) is 3. The normalized spacial score (nSPS) is 12.8. The van der Waals surface area contributed by atoms with Crippen LogP contribution in [-0.4, -0.2) is 56.7 Å². The lowest BCUT2D eigenvalue weighted by atomic mass is 9.99. The first-order valence-corrected chi connectivity index (χ1v) is 6.24. The summed E-state index contributed by atoms with van der Waals surface area (Å²) in [5, 5.41) is 0. The van der Waals surface area contributed by atoms with Crippen molar-refractivity contribution in [3.05, 3.63) is 35.9 Å². The molecular formula is C14H20F3N3. The van der Waals surface area contributed by atoms with Gasteiger partial charge in [0.15, 0.2) is 5.96 Å². The first-order chi connectivity index (χ1) is 9.23. The van der Waals surface area contributed by atoms with Gasteiger partial charge in [-0.05, 0) is 5.56 Å². The fraction of sp³-hybridized carbons (Fsp3) is 0.500. The van der Waals surface area contributed by atoms with Gasteiger partial charge in [-0.15, -0.1) is 0 Å². The Morgan fingerprint density at radius 1 is 1.05 bits per heavy atom. The van der Waals surface area contributed by atoms with Crippen LogP contribution in [0.5, 0.6) is 0 Å². The van der Waals surface area contributed by atoms with E-state index in [1.807, 2.05) is 0 Å². The maximum atomic E-state index is 13.2.